The lowest BCUT2D eigenvalue weighted by molar-refractivity contribution is -0.134. The molecule has 4 atom stereocenters. The van der Waals surface area contributed by atoms with Crippen LogP contribution in [0.5, 0.6) is 0 Å². The molecule has 168 valence electrons. The predicted molar refractivity (Wildman–Crippen MR) is 109 cm³/mol. The number of hydrogen-bond donors (Lipinski definition) is 0. The smallest absolute Gasteiger partial charge is 0.416 e. The van der Waals surface area contributed by atoms with Crippen LogP contribution in [-0.2, 0) is 19.0 Å². The monoisotopic (exact) mass is 414 g/mol. The molecule has 0 aromatic carbocycles. The van der Waals surface area contributed by atoms with E-state index in [1.807, 2.05) is 27.7 Å². The summed E-state index contributed by atoms with van der Waals surface area (Å²) in [6.07, 6.45) is -0.929. The third-order valence-corrected chi connectivity index (χ3v) is 5.36. The molecule has 0 saturated carbocycles. The van der Waals surface area contributed by atoms with Crippen LogP contribution >= 0.6 is 0 Å². The molecule has 0 bridgehead atoms. The number of carbonyl (C=O) groups is 3. The van der Waals surface area contributed by atoms with E-state index >= 15 is 0 Å². The van der Waals surface area contributed by atoms with Crippen LogP contribution in [0.25, 0.3) is 0 Å². The summed E-state index contributed by atoms with van der Waals surface area (Å²) in [7, 11) is 3.17. The molecule has 8 heteroatoms. The molecule has 0 aliphatic carbocycles. The minimum absolute atomic E-state index is 0.0308. The van der Waals surface area contributed by atoms with Crippen molar-refractivity contribution in [2.45, 2.75) is 85.1 Å². The molecule has 29 heavy (non-hydrogen) atoms. The summed E-state index contributed by atoms with van der Waals surface area (Å²) in [5.74, 6) is -0.221. The molecule has 0 radical (unpaired) electrons. The molecular weight excluding hydrogens is 376 g/mol. The largest absolute Gasteiger partial charge is 0.447 e. The number of amides is 3. The molecule has 0 spiro atoms. The van der Waals surface area contributed by atoms with E-state index in [0.29, 0.717) is 0 Å². The Bertz CT molecular complexity index is 586. The van der Waals surface area contributed by atoms with Crippen molar-refractivity contribution >= 4 is 18.1 Å². The SMILES string of the molecule is CC[C@H](C)[C@@H]([C@@H](CC(=O)N1C(=O)OC[C@@H]1C(C)C)OC)N(C)C(=O)OC(C)(C)C. The summed E-state index contributed by atoms with van der Waals surface area (Å²) >= 11 is 0. The third kappa shape index (κ3) is 6.59. The van der Waals surface area contributed by atoms with E-state index in [2.05, 4.69) is 0 Å². The predicted octanol–water partition coefficient (Wildman–Crippen LogP) is 3.68. The van der Waals surface area contributed by atoms with Gasteiger partial charge in [-0.05, 0) is 32.6 Å². The van der Waals surface area contributed by atoms with Crippen LogP contribution in [0.3, 0.4) is 0 Å². The Balaban J connectivity index is 3.05. The molecular formula is C21H38N2O6. The highest BCUT2D eigenvalue weighted by atomic mass is 16.6. The highest BCUT2D eigenvalue weighted by Gasteiger charge is 2.42. The van der Waals surface area contributed by atoms with Crippen LogP contribution in [0.4, 0.5) is 9.59 Å². The van der Waals surface area contributed by atoms with Gasteiger partial charge in [0.25, 0.3) is 0 Å². The topological polar surface area (TPSA) is 85.4 Å². The maximum Gasteiger partial charge on any atom is 0.416 e. The van der Waals surface area contributed by atoms with Crippen molar-refractivity contribution in [3.8, 4) is 0 Å². The summed E-state index contributed by atoms with van der Waals surface area (Å²) in [4.78, 5) is 40.5. The standard InChI is InChI=1S/C21H38N2O6/c1-10-14(4)18(22(8)19(25)29-21(5,6)7)16(27-9)11-17(24)23-15(13(2)3)12-28-20(23)26/h13-16,18H,10-12H2,1-9H3/t14-,15+,16+,18-/m0/s1. The number of nitrogens with zero attached hydrogens (tertiary/aromatic N) is 2. The van der Waals surface area contributed by atoms with E-state index in [4.69, 9.17) is 14.2 Å². The third-order valence-electron chi connectivity index (χ3n) is 5.36. The summed E-state index contributed by atoms with van der Waals surface area (Å²) in [6, 6.07) is -0.682. The van der Waals surface area contributed by atoms with Crippen LogP contribution in [0.15, 0.2) is 0 Å². The van der Waals surface area contributed by atoms with Gasteiger partial charge in [0.2, 0.25) is 5.91 Å². The lowest BCUT2D eigenvalue weighted by Gasteiger charge is -2.38. The van der Waals surface area contributed by atoms with Crippen molar-refractivity contribution in [2.75, 3.05) is 20.8 Å². The molecule has 1 rings (SSSR count). The first-order chi connectivity index (χ1) is 13.3. The first kappa shape index (κ1) is 25.2. The number of ether oxygens (including phenoxy) is 3. The second-order valence-electron chi connectivity index (χ2n) is 9.10. The molecule has 1 heterocycles. The van der Waals surface area contributed by atoms with Crippen LogP contribution in [0.2, 0.25) is 0 Å². The Morgan fingerprint density at radius 1 is 1.28 bits per heavy atom. The van der Waals surface area contributed by atoms with Gasteiger partial charge in [-0.1, -0.05) is 34.1 Å². The Hall–Kier alpha value is -1.83. The highest BCUT2D eigenvalue weighted by Crippen LogP contribution is 2.26. The Morgan fingerprint density at radius 3 is 2.31 bits per heavy atom. The van der Waals surface area contributed by atoms with Crippen molar-refractivity contribution in [3.05, 3.63) is 0 Å². The van der Waals surface area contributed by atoms with Crippen LogP contribution in [0, 0.1) is 11.8 Å². The van der Waals surface area contributed by atoms with Crippen LogP contribution in [0.1, 0.15) is 61.3 Å². The number of methoxy groups -OCH3 is 1. The highest BCUT2D eigenvalue weighted by molar-refractivity contribution is 5.93. The number of imide groups is 1. The molecule has 1 fully saturated rings. The molecule has 0 aromatic heterocycles. The van der Waals surface area contributed by atoms with E-state index in [0.717, 1.165) is 6.42 Å². The maximum atomic E-state index is 13.0. The molecule has 3 amide bonds. The number of cyclic esters (lactones) is 1. The second-order valence-corrected chi connectivity index (χ2v) is 9.10. The molecule has 0 aromatic rings. The van der Waals surface area contributed by atoms with Gasteiger partial charge in [0, 0.05) is 14.2 Å². The second kappa shape index (κ2) is 10.3. The zero-order valence-electron chi connectivity index (χ0n) is 19.4. The number of likely N-dealkylation sites (N-methyl/N-ethyl adjacent to an activating group) is 1. The summed E-state index contributed by atoms with van der Waals surface area (Å²) < 4.78 is 16.2. The van der Waals surface area contributed by atoms with Gasteiger partial charge < -0.3 is 19.1 Å². The average molecular weight is 415 g/mol. The van der Waals surface area contributed by atoms with E-state index in [-0.39, 0.29) is 42.9 Å². The lowest BCUT2D eigenvalue weighted by atomic mass is 9.91. The first-order valence-corrected chi connectivity index (χ1v) is 10.3. The number of carbonyl (C=O) groups excluding carboxylic acids is 3. The first-order valence-electron chi connectivity index (χ1n) is 10.3. The van der Waals surface area contributed by atoms with Gasteiger partial charge in [-0.2, -0.15) is 0 Å². The van der Waals surface area contributed by atoms with Gasteiger partial charge in [-0.3, -0.25) is 4.79 Å². The summed E-state index contributed by atoms with van der Waals surface area (Å²) in [5.41, 5.74) is -0.631. The van der Waals surface area contributed by atoms with Gasteiger partial charge in [0.05, 0.1) is 24.6 Å². The van der Waals surface area contributed by atoms with E-state index in [1.165, 1.54) is 16.9 Å². The Kier molecular flexibility index (Phi) is 8.93. The van der Waals surface area contributed by atoms with Crippen molar-refractivity contribution in [3.63, 3.8) is 0 Å². The summed E-state index contributed by atoms with van der Waals surface area (Å²) in [6.45, 7) is 13.5. The van der Waals surface area contributed by atoms with Crippen molar-refractivity contribution < 1.29 is 28.6 Å². The maximum absolute atomic E-state index is 13.0. The fraction of sp³-hybridized carbons (Fsp3) is 0.857. The van der Waals surface area contributed by atoms with Gasteiger partial charge in [-0.25, -0.2) is 14.5 Å². The van der Waals surface area contributed by atoms with E-state index in [1.54, 1.807) is 27.8 Å². The zero-order chi connectivity index (χ0) is 22.5. The minimum Gasteiger partial charge on any atom is -0.447 e. The fourth-order valence-corrected chi connectivity index (χ4v) is 3.52. The molecule has 1 saturated heterocycles. The fourth-order valence-electron chi connectivity index (χ4n) is 3.52. The molecule has 0 unspecified atom stereocenters. The Labute approximate surface area is 174 Å². The van der Waals surface area contributed by atoms with E-state index in [9.17, 15) is 14.4 Å². The molecule has 1 aliphatic heterocycles. The van der Waals surface area contributed by atoms with Gasteiger partial charge in [0.15, 0.2) is 0 Å². The van der Waals surface area contributed by atoms with Crippen LogP contribution in [-0.4, -0.2) is 72.4 Å². The zero-order valence-corrected chi connectivity index (χ0v) is 19.4. The Morgan fingerprint density at radius 2 is 1.86 bits per heavy atom. The van der Waals surface area contributed by atoms with Gasteiger partial charge >= 0.3 is 12.2 Å². The summed E-state index contributed by atoms with van der Waals surface area (Å²) in [5, 5.41) is 0. The molecule has 0 N–H and O–H groups in total. The number of rotatable bonds is 8. The number of hydrogen-bond acceptors (Lipinski definition) is 6. The van der Waals surface area contributed by atoms with Crippen molar-refractivity contribution in [1.29, 1.82) is 0 Å². The van der Waals surface area contributed by atoms with Gasteiger partial charge in [-0.15, -0.1) is 0 Å². The van der Waals surface area contributed by atoms with Crippen molar-refractivity contribution in [2.24, 2.45) is 11.8 Å². The van der Waals surface area contributed by atoms with Crippen molar-refractivity contribution in [1.82, 2.24) is 9.80 Å². The molecule has 1 aliphatic rings. The van der Waals surface area contributed by atoms with Crippen LogP contribution < -0.4 is 0 Å². The van der Waals surface area contributed by atoms with Gasteiger partial charge in [0.1, 0.15) is 12.2 Å². The van der Waals surface area contributed by atoms with E-state index < -0.39 is 23.9 Å². The molecule has 8 nitrogen and oxygen atoms in total. The quantitative estimate of drug-likeness (QED) is 0.602. The lowest BCUT2D eigenvalue weighted by Crippen LogP contribution is -2.52. The normalized spacial score (nSPS) is 20.3. The average Bonchev–Trinajstić information content (AvgIpc) is 3.00. The minimum atomic E-state index is -0.631.